The van der Waals surface area contributed by atoms with E-state index in [1.54, 1.807) is 11.8 Å². The quantitative estimate of drug-likeness (QED) is 0.787. The second kappa shape index (κ2) is 8.71. The summed E-state index contributed by atoms with van der Waals surface area (Å²) in [5, 5.41) is 9.11. The van der Waals surface area contributed by atoms with Gasteiger partial charge in [-0.1, -0.05) is 42.5 Å². The van der Waals surface area contributed by atoms with Gasteiger partial charge in [-0.05, 0) is 36.4 Å². The topological polar surface area (TPSA) is 43.8 Å². The number of carbonyl (C=O) groups is 1. The molecular weight excluding hydrogens is 344 g/mol. The number of carboxylic acids is 1. The minimum absolute atomic E-state index is 0.118. The van der Waals surface area contributed by atoms with Gasteiger partial charge in [0.05, 0.1) is 12.6 Å². The van der Waals surface area contributed by atoms with Crippen LogP contribution in [0.15, 0.2) is 59.5 Å². The van der Waals surface area contributed by atoms with Gasteiger partial charge >= 0.3 is 5.97 Å². The number of hydrogen-bond donors (Lipinski definition) is 1. The lowest BCUT2D eigenvalue weighted by atomic mass is 9.95. The molecule has 2 aromatic rings. The first-order valence-corrected chi connectivity index (χ1v) is 10.2. The van der Waals surface area contributed by atoms with Crippen molar-refractivity contribution >= 4 is 17.7 Å². The van der Waals surface area contributed by atoms with E-state index in [0.717, 1.165) is 19.6 Å². The van der Waals surface area contributed by atoms with E-state index < -0.39 is 5.97 Å². The number of carboxylic acid groups (broad SMARTS) is 1. The normalized spacial score (nSPS) is 20.0. The third-order valence-electron chi connectivity index (χ3n) is 5.02. The molecule has 0 saturated carbocycles. The molecule has 1 saturated heterocycles. The van der Waals surface area contributed by atoms with Gasteiger partial charge in [0.1, 0.15) is 0 Å². The van der Waals surface area contributed by atoms with Crippen LogP contribution in [0.25, 0.3) is 0 Å². The van der Waals surface area contributed by atoms with E-state index in [4.69, 9.17) is 5.11 Å². The fourth-order valence-electron chi connectivity index (χ4n) is 3.73. The van der Waals surface area contributed by atoms with Gasteiger partial charge in [-0.15, -0.1) is 11.8 Å². The second-order valence-corrected chi connectivity index (χ2v) is 7.68. The highest BCUT2D eigenvalue weighted by molar-refractivity contribution is 7.98. The lowest BCUT2D eigenvalue weighted by Crippen LogP contribution is -2.54. The highest BCUT2D eigenvalue weighted by Gasteiger charge is 2.31. The van der Waals surface area contributed by atoms with Crippen molar-refractivity contribution in [1.82, 2.24) is 9.80 Å². The van der Waals surface area contributed by atoms with Gasteiger partial charge in [0, 0.05) is 30.6 Å². The molecule has 3 rings (SSSR count). The molecular formula is C21H26N2O2S. The molecule has 0 amide bonds. The van der Waals surface area contributed by atoms with Crippen molar-refractivity contribution in [3.63, 3.8) is 0 Å². The molecule has 1 fully saturated rings. The van der Waals surface area contributed by atoms with Crippen LogP contribution in [-0.4, -0.2) is 59.4 Å². The SMILES string of the molecule is CSc1cccc([C@@H](c2ccccc2)N2CCN(CC(=O)O)C(C)C2)c1. The van der Waals surface area contributed by atoms with Crippen molar-refractivity contribution in [2.24, 2.45) is 0 Å². The van der Waals surface area contributed by atoms with Crippen molar-refractivity contribution < 1.29 is 9.90 Å². The molecule has 2 aromatic carbocycles. The predicted molar refractivity (Wildman–Crippen MR) is 107 cm³/mol. The summed E-state index contributed by atoms with van der Waals surface area (Å²) in [6, 6.07) is 19.7. The molecule has 0 aliphatic carbocycles. The monoisotopic (exact) mass is 370 g/mol. The van der Waals surface area contributed by atoms with Crippen molar-refractivity contribution in [2.45, 2.75) is 23.9 Å². The van der Waals surface area contributed by atoms with E-state index in [0.29, 0.717) is 0 Å². The summed E-state index contributed by atoms with van der Waals surface area (Å²) >= 11 is 1.76. The minimum atomic E-state index is -0.752. The number of piperazine rings is 1. The van der Waals surface area contributed by atoms with Crippen LogP contribution in [0.5, 0.6) is 0 Å². The predicted octanol–water partition coefficient (Wildman–Crippen LogP) is 3.59. The zero-order valence-electron chi connectivity index (χ0n) is 15.3. The second-order valence-electron chi connectivity index (χ2n) is 6.80. The van der Waals surface area contributed by atoms with Gasteiger partial charge in [0.2, 0.25) is 0 Å². The molecule has 0 aromatic heterocycles. The van der Waals surface area contributed by atoms with Crippen LogP contribution in [-0.2, 0) is 4.79 Å². The number of aliphatic carboxylic acids is 1. The zero-order chi connectivity index (χ0) is 18.5. The Morgan fingerprint density at radius 2 is 1.88 bits per heavy atom. The summed E-state index contributed by atoms with van der Waals surface area (Å²) in [5.41, 5.74) is 2.58. The Balaban J connectivity index is 1.88. The molecule has 1 N–H and O–H groups in total. The zero-order valence-corrected chi connectivity index (χ0v) is 16.2. The Morgan fingerprint density at radius 3 is 2.54 bits per heavy atom. The molecule has 1 aliphatic rings. The largest absolute Gasteiger partial charge is 0.480 e. The Kier molecular flexibility index (Phi) is 6.35. The number of hydrogen-bond acceptors (Lipinski definition) is 4. The Labute approximate surface area is 159 Å². The Morgan fingerprint density at radius 1 is 1.15 bits per heavy atom. The van der Waals surface area contributed by atoms with Crippen molar-refractivity contribution in [1.29, 1.82) is 0 Å². The first kappa shape index (κ1) is 19.0. The van der Waals surface area contributed by atoms with Crippen molar-refractivity contribution in [3.8, 4) is 0 Å². The van der Waals surface area contributed by atoms with Crippen molar-refractivity contribution in [2.75, 3.05) is 32.4 Å². The minimum Gasteiger partial charge on any atom is -0.480 e. The maximum absolute atomic E-state index is 11.1. The maximum atomic E-state index is 11.1. The van der Waals surface area contributed by atoms with Crippen LogP contribution in [0.1, 0.15) is 24.1 Å². The molecule has 0 spiro atoms. The third kappa shape index (κ3) is 4.47. The number of rotatable bonds is 6. The summed E-state index contributed by atoms with van der Waals surface area (Å²) in [4.78, 5) is 16.9. The summed E-state index contributed by atoms with van der Waals surface area (Å²) in [7, 11) is 0. The number of thioether (sulfide) groups is 1. The van der Waals surface area contributed by atoms with Crippen LogP contribution in [0.2, 0.25) is 0 Å². The van der Waals surface area contributed by atoms with Crippen LogP contribution in [0, 0.1) is 0 Å². The van der Waals surface area contributed by atoms with Gasteiger partial charge in [-0.25, -0.2) is 0 Å². The first-order chi connectivity index (χ1) is 12.6. The molecule has 4 nitrogen and oxygen atoms in total. The number of nitrogens with zero attached hydrogens (tertiary/aromatic N) is 2. The lowest BCUT2D eigenvalue weighted by Gasteiger charge is -2.43. The van der Waals surface area contributed by atoms with Gasteiger partial charge < -0.3 is 5.11 Å². The van der Waals surface area contributed by atoms with Gasteiger partial charge in [-0.2, -0.15) is 0 Å². The van der Waals surface area contributed by atoms with Gasteiger partial charge in [-0.3, -0.25) is 14.6 Å². The van der Waals surface area contributed by atoms with Crippen molar-refractivity contribution in [3.05, 3.63) is 65.7 Å². The van der Waals surface area contributed by atoms with E-state index in [2.05, 4.69) is 71.5 Å². The summed E-state index contributed by atoms with van der Waals surface area (Å²) in [5.74, 6) is -0.752. The fourth-order valence-corrected chi connectivity index (χ4v) is 4.20. The Hall–Kier alpha value is -1.82. The van der Waals surface area contributed by atoms with Crippen LogP contribution in [0.4, 0.5) is 0 Å². The Bertz CT molecular complexity index is 738. The van der Waals surface area contributed by atoms with E-state index in [1.165, 1.54) is 16.0 Å². The van der Waals surface area contributed by atoms with Crippen LogP contribution in [0.3, 0.4) is 0 Å². The number of benzene rings is 2. The van der Waals surface area contributed by atoms with Crippen LogP contribution >= 0.6 is 11.8 Å². The molecule has 2 atom stereocenters. The summed E-state index contributed by atoms with van der Waals surface area (Å²) < 4.78 is 0. The molecule has 138 valence electrons. The smallest absolute Gasteiger partial charge is 0.317 e. The fraction of sp³-hybridized carbons (Fsp3) is 0.381. The van der Waals surface area contributed by atoms with E-state index in [9.17, 15) is 4.79 Å². The molecule has 0 radical (unpaired) electrons. The lowest BCUT2D eigenvalue weighted by molar-refractivity contribution is -0.139. The highest BCUT2D eigenvalue weighted by Crippen LogP contribution is 2.32. The third-order valence-corrected chi connectivity index (χ3v) is 5.75. The molecule has 0 bridgehead atoms. The van der Waals surface area contributed by atoms with E-state index >= 15 is 0 Å². The molecule has 5 heteroatoms. The van der Waals surface area contributed by atoms with Gasteiger partial charge in [0.15, 0.2) is 0 Å². The van der Waals surface area contributed by atoms with E-state index in [-0.39, 0.29) is 18.6 Å². The van der Waals surface area contributed by atoms with E-state index in [1.807, 2.05) is 6.07 Å². The molecule has 26 heavy (non-hydrogen) atoms. The highest BCUT2D eigenvalue weighted by atomic mass is 32.2. The summed E-state index contributed by atoms with van der Waals surface area (Å²) in [6.07, 6.45) is 2.10. The standard InChI is InChI=1S/C21H26N2O2S/c1-16-14-23(12-11-22(16)15-20(24)25)21(17-7-4-3-5-8-17)18-9-6-10-19(13-18)26-2/h3-10,13,16,21H,11-12,14-15H2,1-2H3,(H,24,25)/t16?,21-/m1/s1. The first-order valence-electron chi connectivity index (χ1n) is 8.97. The van der Waals surface area contributed by atoms with Crippen LogP contribution < -0.4 is 0 Å². The molecule has 1 aliphatic heterocycles. The average molecular weight is 371 g/mol. The molecule has 1 unspecified atom stereocenters. The molecule has 1 heterocycles. The maximum Gasteiger partial charge on any atom is 0.317 e. The van der Waals surface area contributed by atoms with Gasteiger partial charge in [0.25, 0.3) is 0 Å². The average Bonchev–Trinajstić information content (AvgIpc) is 2.65. The summed E-state index contributed by atoms with van der Waals surface area (Å²) in [6.45, 7) is 4.73.